The van der Waals surface area contributed by atoms with Gasteiger partial charge >= 0.3 is 0 Å². The Morgan fingerprint density at radius 2 is 2.25 bits per heavy atom. The maximum atomic E-state index is 13.0. The van der Waals surface area contributed by atoms with Crippen molar-refractivity contribution < 1.29 is 14.3 Å². The third-order valence-electron chi connectivity index (χ3n) is 4.99. The lowest BCUT2D eigenvalue weighted by atomic mass is 10.0. The Morgan fingerprint density at radius 3 is 2.92 bits per heavy atom. The Kier molecular flexibility index (Phi) is 5.89. The zero-order valence-electron chi connectivity index (χ0n) is 14.8. The second kappa shape index (κ2) is 8.12. The van der Waals surface area contributed by atoms with Gasteiger partial charge in [-0.25, -0.2) is 4.98 Å². The summed E-state index contributed by atoms with van der Waals surface area (Å²) in [4.78, 5) is 19.1. The Bertz CT molecular complexity index is 512. The van der Waals surface area contributed by atoms with Crippen molar-refractivity contribution in [2.45, 2.75) is 57.8 Å². The molecule has 0 spiro atoms. The molecule has 1 amide bonds. The molecule has 3 rings (SSSR count). The van der Waals surface area contributed by atoms with Crippen LogP contribution in [0.4, 0.5) is 0 Å². The molecule has 1 aromatic heterocycles. The van der Waals surface area contributed by atoms with E-state index in [0.29, 0.717) is 12.6 Å². The zero-order valence-corrected chi connectivity index (χ0v) is 14.8. The lowest BCUT2D eigenvalue weighted by molar-refractivity contribution is -0.151. The van der Waals surface area contributed by atoms with Crippen LogP contribution in [0, 0.1) is 5.92 Å². The fourth-order valence-corrected chi connectivity index (χ4v) is 3.60. The van der Waals surface area contributed by atoms with E-state index in [4.69, 9.17) is 9.47 Å². The van der Waals surface area contributed by atoms with Gasteiger partial charge in [-0.3, -0.25) is 4.79 Å². The third-order valence-corrected chi connectivity index (χ3v) is 4.99. The smallest absolute Gasteiger partial charge is 0.252 e. The summed E-state index contributed by atoms with van der Waals surface area (Å²) in [6, 6.07) is 0.316. The number of imidazole rings is 1. The van der Waals surface area contributed by atoms with Crippen LogP contribution in [-0.4, -0.2) is 58.9 Å². The van der Waals surface area contributed by atoms with Crippen LogP contribution in [0.2, 0.25) is 0 Å². The van der Waals surface area contributed by atoms with Crippen LogP contribution in [0.25, 0.3) is 0 Å². The SMILES string of the molecule is CC(C)[C@H](OC[C@H]1CCCO1)C(=O)N1CCC[C@@H](n2ccnc2)C1. The van der Waals surface area contributed by atoms with Gasteiger partial charge in [-0.1, -0.05) is 13.8 Å². The Balaban J connectivity index is 1.58. The molecule has 3 atom stereocenters. The van der Waals surface area contributed by atoms with Crippen molar-refractivity contribution in [1.82, 2.24) is 14.5 Å². The maximum absolute atomic E-state index is 13.0. The largest absolute Gasteiger partial charge is 0.376 e. The molecule has 0 aliphatic carbocycles. The Labute approximate surface area is 144 Å². The number of rotatable bonds is 6. The molecular weight excluding hydrogens is 306 g/mol. The van der Waals surface area contributed by atoms with Crippen molar-refractivity contribution in [1.29, 1.82) is 0 Å². The van der Waals surface area contributed by atoms with Crippen molar-refractivity contribution >= 4 is 5.91 Å². The molecule has 24 heavy (non-hydrogen) atoms. The van der Waals surface area contributed by atoms with Crippen LogP contribution in [0.15, 0.2) is 18.7 Å². The normalized spacial score (nSPS) is 26.0. The number of carbonyl (C=O) groups is 1. The highest BCUT2D eigenvalue weighted by Crippen LogP contribution is 2.24. The summed E-state index contributed by atoms with van der Waals surface area (Å²) in [5, 5.41) is 0. The molecule has 1 aromatic rings. The number of piperidine rings is 1. The van der Waals surface area contributed by atoms with Gasteiger partial charge in [-0.05, 0) is 31.6 Å². The first-order chi connectivity index (χ1) is 11.6. The highest BCUT2D eigenvalue weighted by Gasteiger charge is 2.32. The summed E-state index contributed by atoms with van der Waals surface area (Å²) < 4.78 is 13.7. The van der Waals surface area contributed by atoms with Gasteiger partial charge in [0.25, 0.3) is 5.91 Å². The number of nitrogens with zero attached hydrogens (tertiary/aromatic N) is 3. The second-order valence-corrected chi connectivity index (χ2v) is 7.22. The molecule has 0 aromatic carbocycles. The van der Waals surface area contributed by atoms with Crippen molar-refractivity contribution in [3.8, 4) is 0 Å². The first-order valence-electron chi connectivity index (χ1n) is 9.14. The molecule has 0 N–H and O–H groups in total. The summed E-state index contributed by atoms with van der Waals surface area (Å²) in [6.07, 6.45) is 9.61. The highest BCUT2D eigenvalue weighted by molar-refractivity contribution is 5.81. The Hall–Kier alpha value is -1.40. The van der Waals surface area contributed by atoms with E-state index in [2.05, 4.69) is 23.4 Å². The number of hydrogen-bond donors (Lipinski definition) is 0. The quantitative estimate of drug-likeness (QED) is 0.800. The minimum atomic E-state index is -0.379. The summed E-state index contributed by atoms with van der Waals surface area (Å²) in [5.41, 5.74) is 0. The summed E-state index contributed by atoms with van der Waals surface area (Å²) in [7, 11) is 0. The van der Waals surface area contributed by atoms with E-state index in [1.165, 1.54) is 0 Å². The minimum Gasteiger partial charge on any atom is -0.376 e. The molecule has 2 aliphatic rings. The van der Waals surface area contributed by atoms with Crippen molar-refractivity contribution in [3.05, 3.63) is 18.7 Å². The standard InChI is InChI=1S/C18H29N3O3/c1-14(2)17(24-12-16-6-4-10-23-16)18(22)20-8-3-5-15(11-20)21-9-7-19-13-21/h7,9,13-17H,3-6,8,10-12H2,1-2H3/t15-,16-,17+/m1/s1. The van der Waals surface area contributed by atoms with Gasteiger partial charge in [0.2, 0.25) is 0 Å². The molecule has 0 radical (unpaired) electrons. The van der Waals surface area contributed by atoms with Gasteiger partial charge in [0.05, 0.1) is 25.1 Å². The fourth-order valence-electron chi connectivity index (χ4n) is 3.60. The first kappa shape index (κ1) is 17.4. The zero-order chi connectivity index (χ0) is 16.9. The number of ether oxygens (including phenoxy) is 2. The van der Waals surface area contributed by atoms with E-state index in [9.17, 15) is 4.79 Å². The average Bonchev–Trinajstić information content (AvgIpc) is 3.28. The van der Waals surface area contributed by atoms with E-state index in [1.807, 2.05) is 17.4 Å². The van der Waals surface area contributed by atoms with Crippen molar-refractivity contribution in [2.75, 3.05) is 26.3 Å². The second-order valence-electron chi connectivity index (χ2n) is 7.22. The molecule has 2 aliphatic heterocycles. The van der Waals surface area contributed by atoms with Crippen LogP contribution < -0.4 is 0 Å². The van der Waals surface area contributed by atoms with Crippen LogP contribution in [0.1, 0.15) is 45.6 Å². The lowest BCUT2D eigenvalue weighted by Gasteiger charge is -2.36. The molecule has 0 bridgehead atoms. The molecule has 2 saturated heterocycles. The van der Waals surface area contributed by atoms with Gasteiger partial charge in [-0.15, -0.1) is 0 Å². The molecule has 2 fully saturated rings. The van der Waals surface area contributed by atoms with Crippen LogP contribution >= 0.6 is 0 Å². The van der Waals surface area contributed by atoms with Crippen molar-refractivity contribution in [3.63, 3.8) is 0 Å². The van der Waals surface area contributed by atoms with Crippen LogP contribution in [0.5, 0.6) is 0 Å². The van der Waals surface area contributed by atoms with Crippen LogP contribution in [0.3, 0.4) is 0 Å². The fraction of sp³-hybridized carbons (Fsp3) is 0.778. The molecule has 3 heterocycles. The maximum Gasteiger partial charge on any atom is 0.252 e. The van der Waals surface area contributed by atoms with E-state index in [1.54, 1.807) is 6.20 Å². The van der Waals surface area contributed by atoms with E-state index >= 15 is 0 Å². The summed E-state index contributed by atoms with van der Waals surface area (Å²) >= 11 is 0. The summed E-state index contributed by atoms with van der Waals surface area (Å²) in [5.74, 6) is 0.278. The van der Waals surface area contributed by atoms with Crippen molar-refractivity contribution in [2.24, 2.45) is 5.92 Å². The van der Waals surface area contributed by atoms with Gasteiger partial charge in [0.1, 0.15) is 6.10 Å². The van der Waals surface area contributed by atoms with E-state index < -0.39 is 0 Å². The van der Waals surface area contributed by atoms with E-state index in [0.717, 1.165) is 45.4 Å². The predicted octanol–water partition coefficient (Wildman–Crippen LogP) is 2.27. The topological polar surface area (TPSA) is 56.6 Å². The van der Waals surface area contributed by atoms with Gasteiger partial charge in [0.15, 0.2) is 0 Å². The number of aromatic nitrogens is 2. The van der Waals surface area contributed by atoms with E-state index in [-0.39, 0.29) is 24.0 Å². The molecular formula is C18H29N3O3. The van der Waals surface area contributed by atoms with Gasteiger partial charge in [-0.2, -0.15) is 0 Å². The number of hydrogen-bond acceptors (Lipinski definition) is 4. The molecule has 6 heteroatoms. The van der Waals surface area contributed by atoms with Gasteiger partial charge in [0, 0.05) is 32.1 Å². The molecule has 0 saturated carbocycles. The molecule has 0 unspecified atom stereocenters. The lowest BCUT2D eigenvalue weighted by Crippen LogP contribution is -2.48. The first-order valence-corrected chi connectivity index (χ1v) is 9.14. The number of carbonyl (C=O) groups excluding carboxylic acids is 1. The highest BCUT2D eigenvalue weighted by atomic mass is 16.5. The number of amides is 1. The predicted molar refractivity (Wildman–Crippen MR) is 90.6 cm³/mol. The third kappa shape index (κ3) is 4.16. The monoisotopic (exact) mass is 335 g/mol. The molecule has 134 valence electrons. The summed E-state index contributed by atoms with van der Waals surface area (Å²) in [6.45, 7) is 6.99. The van der Waals surface area contributed by atoms with Gasteiger partial charge < -0.3 is 18.9 Å². The molecule has 6 nitrogen and oxygen atoms in total. The minimum absolute atomic E-state index is 0.118. The Morgan fingerprint density at radius 1 is 1.38 bits per heavy atom. The number of likely N-dealkylation sites (tertiary alicyclic amines) is 1. The van der Waals surface area contributed by atoms with Crippen LogP contribution in [-0.2, 0) is 14.3 Å². The average molecular weight is 335 g/mol.